The molecule has 0 radical (unpaired) electrons. The molecule has 3 nitrogen and oxygen atoms in total. The molecule has 3 heteroatoms. The third kappa shape index (κ3) is 1.01. The molecule has 2 atom stereocenters. The van der Waals surface area contributed by atoms with E-state index in [4.69, 9.17) is 0 Å². The molecule has 0 aromatic heterocycles. The fraction of sp³-hybridized carbons (Fsp3) is 0.857. The lowest BCUT2D eigenvalue weighted by molar-refractivity contribution is 0.327. The van der Waals surface area contributed by atoms with E-state index in [1.165, 1.54) is 19.4 Å². The standard InChI is InChI=1S/C7H13N3/c1-2-6-7(9-3-1)4-8-5-10-6/h5-7,9H,1-4H2,(H,8,10). The minimum atomic E-state index is 0.596. The molecule has 0 aromatic rings. The van der Waals surface area contributed by atoms with Crippen molar-refractivity contribution in [1.29, 1.82) is 0 Å². The molecule has 0 aromatic carbocycles. The summed E-state index contributed by atoms with van der Waals surface area (Å²) < 4.78 is 0. The average Bonchev–Trinajstić information content (AvgIpc) is 2.05. The lowest BCUT2D eigenvalue weighted by Gasteiger charge is -2.33. The van der Waals surface area contributed by atoms with Gasteiger partial charge in [-0.2, -0.15) is 0 Å². The van der Waals surface area contributed by atoms with Gasteiger partial charge in [0.25, 0.3) is 0 Å². The Labute approximate surface area is 60.9 Å². The number of aliphatic imine (C=N–C) groups is 1. The first-order chi connectivity index (χ1) is 4.97. The zero-order chi connectivity index (χ0) is 6.81. The van der Waals surface area contributed by atoms with Gasteiger partial charge in [-0.05, 0) is 19.4 Å². The second-order valence-corrected chi connectivity index (χ2v) is 2.97. The van der Waals surface area contributed by atoms with Crippen molar-refractivity contribution in [3.05, 3.63) is 0 Å². The van der Waals surface area contributed by atoms with Crippen LogP contribution in [0.15, 0.2) is 4.99 Å². The lowest BCUT2D eigenvalue weighted by atomic mass is 9.98. The van der Waals surface area contributed by atoms with Crippen molar-refractivity contribution in [1.82, 2.24) is 10.6 Å². The average molecular weight is 139 g/mol. The zero-order valence-electron chi connectivity index (χ0n) is 6.01. The van der Waals surface area contributed by atoms with Gasteiger partial charge >= 0.3 is 0 Å². The number of hydrogen-bond acceptors (Lipinski definition) is 3. The number of hydrogen-bond donors (Lipinski definition) is 2. The van der Waals surface area contributed by atoms with E-state index in [-0.39, 0.29) is 0 Å². The fourth-order valence-corrected chi connectivity index (χ4v) is 1.66. The largest absolute Gasteiger partial charge is 0.372 e. The highest BCUT2D eigenvalue weighted by atomic mass is 15.1. The number of nitrogens with one attached hydrogen (secondary N) is 2. The summed E-state index contributed by atoms with van der Waals surface area (Å²) in [7, 11) is 0. The van der Waals surface area contributed by atoms with Crippen LogP contribution in [0.2, 0.25) is 0 Å². The minimum absolute atomic E-state index is 0.596. The van der Waals surface area contributed by atoms with Gasteiger partial charge < -0.3 is 10.6 Å². The van der Waals surface area contributed by atoms with Gasteiger partial charge in [0.2, 0.25) is 0 Å². The predicted molar refractivity (Wildman–Crippen MR) is 41.3 cm³/mol. The van der Waals surface area contributed by atoms with Crippen LogP contribution in [-0.2, 0) is 0 Å². The smallest absolute Gasteiger partial charge is 0.0827 e. The Morgan fingerprint density at radius 2 is 2.40 bits per heavy atom. The maximum absolute atomic E-state index is 4.16. The number of fused-ring (bicyclic) bond motifs is 1. The molecule has 0 spiro atoms. The third-order valence-corrected chi connectivity index (χ3v) is 2.27. The molecule has 2 heterocycles. The van der Waals surface area contributed by atoms with Crippen molar-refractivity contribution in [2.45, 2.75) is 24.9 Å². The van der Waals surface area contributed by atoms with Crippen LogP contribution >= 0.6 is 0 Å². The van der Waals surface area contributed by atoms with Crippen molar-refractivity contribution in [3.63, 3.8) is 0 Å². The zero-order valence-corrected chi connectivity index (χ0v) is 6.01. The fourth-order valence-electron chi connectivity index (χ4n) is 1.66. The molecule has 1 fully saturated rings. The van der Waals surface area contributed by atoms with Crippen molar-refractivity contribution >= 4 is 6.34 Å². The second-order valence-electron chi connectivity index (χ2n) is 2.97. The van der Waals surface area contributed by atoms with Crippen molar-refractivity contribution in [2.75, 3.05) is 13.1 Å². The SMILES string of the molecule is C1=NCC2NCCCC2N1. The Bertz CT molecular complexity index is 128. The summed E-state index contributed by atoms with van der Waals surface area (Å²) >= 11 is 0. The highest BCUT2D eigenvalue weighted by Gasteiger charge is 2.24. The second kappa shape index (κ2) is 2.58. The molecule has 1 saturated heterocycles. The van der Waals surface area contributed by atoms with Gasteiger partial charge in [0.05, 0.1) is 12.9 Å². The third-order valence-electron chi connectivity index (χ3n) is 2.27. The van der Waals surface area contributed by atoms with Crippen molar-refractivity contribution in [2.24, 2.45) is 4.99 Å². The maximum Gasteiger partial charge on any atom is 0.0827 e. The molecule has 2 aliphatic rings. The molecule has 0 bridgehead atoms. The first-order valence-electron chi connectivity index (χ1n) is 3.94. The van der Waals surface area contributed by atoms with Crippen LogP contribution < -0.4 is 10.6 Å². The molecule has 2 aliphatic heterocycles. The summed E-state index contributed by atoms with van der Waals surface area (Å²) in [5.41, 5.74) is 0. The van der Waals surface area contributed by atoms with E-state index >= 15 is 0 Å². The van der Waals surface area contributed by atoms with E-state index in [0.717, 1.165) is 6.54 Å². The quantitative estimate of drug-likeness (QED) is 0.485. The van der Waals surface area contributed by atoms with Gasteiger partial charge in [-0.1, -0.05) is 0 Å². The summed E-state index contributed by atoms with van der Waals surface area (Å²) in [5, 5.41) is 6.71. The van der Waals surface area contributed by atoms with Crippen LogP contribution in [0.5, 0.6) is 0 Å². The maximum atomic E-state index is 4.16. The molecule has 2 rings (SSSR count). The summed E-state index contributed by atoms with van der Waals surface area (Å²) in [4.78, 5) is 4.16. The summed E-state index contributed by atoms with van der Waals surface area (Å²) in [6.45, 7) is 2.12. The molecule has 2 N–H and O–H groups in total. The summed E-state index contributed by atoms with van der Waals surface area (Å²) in [6.07, 6.45) is 4.43. The predicted octanol–water partition coefficient (Wildman–Crippen LogP) is -0.262. The lowest BCUT2D eigenvalue weighted by Crippen LogP contribution is -2.55. The van der Waals surface area contributed by atoms with E-state index in [9.17, 15) is 0 Å². The Morgan fingerprint density at radius 1 is 1.40 bits per heavy atom. The Kier molecular flexibility index (Phi) is 1.59. The molecular weight excluding hydrogens is 126 g/mol. The molecule has 2 unspecified atom stereocenters. The Hall–Kier alpha value is -0.570. The van der Waals surface area contributed by atoms with Crippen LogP contribution in [0.1, 0.15) is 12.8 Å². The first-order valence-corrected chi connectivity index (χ1v) is 3.94. The van der Waals surface area contributed by atoms with E-state index in [1.807, 2.05) is 6.34 Å². The van der Waals surface area contributed by atoms with E-state index in [0.29, 0.717) is 12.1 Å². The Balaban J connectivity index is 2.01. The molecule has 0 saturated carbocycles. The monoisotopic (exact) mass is 139 g/mol. The van der Waals surface area contributed by atoms with Crippen LogP contribution in [0.25, 0.3) is 0 Å². The summed E-state index contributed by atoms with van der Waals surface area (Å²) in [5.74, 6) is 0. The Morgan fingerprint density at radius 3 is 3.30 bits per heavy atom. The molecule has 0 aliphatic carbocycles. The normalized spacial score (nSPS) is 38.4. The van der Waals surface area contributed by atoms with Crippen LogP contribution in [0, 0.1) is 0 Å². The van der Waals surface area contributed by atoms with Crippen molar-refractivity contribution < 1.29 is 0 Å². The van der Waals surface area contributed by atoms with Gasteiger partial charge in [-0.25, -0.2) is 0 Å². The van der Waals surface area contributed by atoms with E-state index in [1.54, 1.807) is 0 Å². The molecule has 0 amide bonds. The van der Waals surface area contributed by atoms with Gasteiger partial charge in [-0.15, -0.1) is 0 Å². The molecule has 56 valence electrons. The van der Waals surface area contributed by atoms with Gasteiger partial charge in [0.1, 0.15) is 0 Å². The van der Waals surface area contributed by atoms with Gasteiger partial charge in [0, 0.05) is 12.1 Å². The molecule has 10 heavy (non-hydrogen) atoms. The van der Waals surface area contributed by atoms with E-state index in [2.05, 4.69) is 15.6 Å². The van der Waals surface area contributed by atoms with E-state index < -0.39 is 0 Å². The number of rotatable bonds is 0. The van der Waals surface area contributed by atoms with Crippen LogP contribution in [-0.4, -0.2) is 31.5 Å². The highest BCUT2D eigenvalue weighted by molar-refractivity contribution is 5.56. The van der Waals surface area contributed by atoms with Crippen molar-refractivity contribution in [3.8, 4) is 0 Å². The first kappa shape index (κ1) is 6.16. The van der Waals surface area contributed by atoms with Crippen LogP contribution in [0.4, 0.5) is 0 Å². The number of nitrogens with zero attached hydrogens (tertiary/aromatic N) is 1. The van der Waals surface area contributed by atoms with Crippen LogP contribution in [0.3, 0.4) is 0 Å². The van der Waals surface area contributed by atoms with Gasteiger partial charge in [-0.3, -0.25) is 4.99 Å². The number of piperidine rings is 1. The topological polar surface area (TPSA) is 36.4 Å². The van der Waals surface area contributed by atoms with Gasteiger partial charge in [0.15, 0.2) is 0 Å². The highest BCUT2D eigenvalue weighted by Crippen LogP contribution is 2.10. The minimum Gasteiger partial charge on any atom is -0.372 e. The molecular formula is C7H13N3. The summed E-state index contributed by atoms with van der Waals surface area (Å²) in [6, 6.07) is 1.24.